The van der Waals surface area contributed by atoms with Gasteiger partial charge in [0.05, 0.1) is 12.0 Å². The van der Waals surface area contributed by atoms with Crippen LogP contribution in [0.2, 0.25) is 0 Å². The smallest absolute Gasteiger partial charge is 0.141 e. The van der Waals surface area contributed by atoms with E-state index in [2.05, 4.69) is 26.3 Å². The lowest BCUT2D eigenvalue weighted by atomic mass is 9.90. The van der Waals surface area contributed by atoms with Gasteiger partial charge in [-0.25, -0.2) is 4.99 Å². The summed E-state index contributed by atoms with van der Waals surface area (Å²) in [6.07, 6.45) is 11.6. The van der Waals surface area contributed by atoms with E-state index in [1.54, 1.807) is 6.34 Å². The molecular formula is C17H25N5. The van der Waals surface area contributed by atoms with Crippen molar-refractivity contribution in [1.82, 2.24) is 15.2 Å². The number of piperidine rings is 1. The topological polar surface area (TPSA) is 69.4 Å². The fourth-order valence-corrected chi connectivity index (χ4v) is 4.20. The quantitative estimate of drug-likeness (QED) is 0.786. The van der Waals surface area contributed by atoms with E-state index in [1.165, 1.54) is 51.6 Å². The van der Waals surface area contributed by atoms with Crippen LogP contribution in [0.1, 0.15) is 44.1 Å². The van der Waals surface area contributed by atoms with Crippen LogP contribution in [-0.2, 0) is 0 Å². The number of hydrogen-bond donors (Lipinski definition) is 3. The van der Waals surface area contributed by atoms with Crippen molar-refractivity contribution in [2.75, 3.05) is 13.1 Å². The summed E-state index contributed by atoms with van der Waals surface area (Å²) in [5, 5.41) is 3.25. The van der Waals surface area contributed by atoms with Crippen LogP contribution in [0.4, 0.5) is 5.82 Å². The highest BCUT2D eigenvalue weighted by Gasteiger charge is 2.29. The molecule has 0 atom stereocenters. The Balaban J connectivity index is 1.47. The number of H-pyrrole nitrogens is 1. The first-order valence-corrected chi connectivity index (χ1v) is 8.53. The Labute approximate surface area is 131 Å². The minimum absolute atomic E-state index is 0.481. The number of likely N-dealkylation sites (tertiary alicyclic amines) is 1. The van der Waals surface area contributed by atoms with Gasteiger partial charge in [-0.1, -0.05) is 12.8 Å². The molecule has 3 heterocycles. The van der Waals surface area contributed by atoms with Crippen molar-refractivity contribution in [2.45, 2.75) is 44.6 Å². The number of allylic oxidation sites excluding steroid dienone is 1. The third-order valence-electron chi connectivity index (χ3n) is 5.50. The summed E-state index contributed by atoms with van der Waals surface area (Å²) < 4.78 is 0. The Bertz CT molecular complexity index is 586. The number of hydrogen-bond acceptors (Lipinski definition) is 4. The normalized spacial score (nSPS) is 26.0. The lowest BCUT2D eigenvalue weighted by Crippen LogP contribution is -2.41. The fraction of sp³-hybridized carbons (Fsp3) is 0.588. The van der Waals surface area contributed by atoms with Gasteiger partial charge in [-0.15, -0.1) is 0 Å². The number of aliphatic imine (C=N–C) groups is 1. The number of aromatic amines is 1. The molecule has 5 heteroatoms. The summed E-state index contributed by atoms with van der Waals surface area (Å²) >= 11 is 0. The minimum atomic E-state index is 0.481. The van der Waals surface area contributed by atoms with Crippen molar-refractivity contribution in [1.29, 1.82) is 0 Å². The maximum Gasteiger partial charge on any atom is 0.141 e. The van der Waals surface area contributed by atoms with E-state index in [-0.39, 0.29) is 0 Å². The molecule has 118 valence electrons. The summed E-state index contributed by atoms with van der Waals surface area (Å²) in [6.45, 7) is 2.38. The van der Waals surface area contributed by atoms with Crippen molar-refractivity contribution >= 4 is 17.9 Å². The molecule has 1 aliphatic carbocycles. The van der Waals surface area contributed by atoms with Gasteiger partial charge in [0.15, 0.2) is 0 Å². The van der Waals surface area contributed by atoms with Crippen LogP contribution in [0.5, 0.6) is 0 Å². The molecule has 0 spiro atoms. The fourth-order valence-electron chi connectivity index (χ4n) is 4.20. The number of aromatic nitrogens is 1. The Kier molecular flexibility index (Phi) is 3.66. The summed E-state index contributed by atoms with van der Waals surface area (Å²) in [4.78, 5) is 10.2. The highest BCUT2D eigenvalue weighted by atomic mass is 15.2. The molecule has 0 radical (unpaired) electrons. The standard InChI is InChI=1S/C17H25N5/c18-15(16-14-5-8-19-17(14)21-11-20-16)12-6-9-22(10-7-12)13-3-1-2-4-13/h5,8,11-13,19H,1-4,6-7,9-10,18H2,(H,20,21)/b16-15-. The van der Waals surface area contributed by atoms with Crippen LogP contribution < -0.4 is 11.1 Å². The minimum Gasteiger partial charge on any atom is -0.400 e. The maximum absolute atomic E-state index is 6.52. The van der Waals surface area contributed by atoms with Gasteiger partial charge in [-0.05, 0) is 44.8 Å². The molecule has 0 bridgehead atoms. The van der Waals surface area contributed by atoms with Crippen LogP contribution >= 0.6 is 0 Å². The highest BCUT2D eigenvalue weighted by Crippen LogP contribution is 2.33. The van der Waals surface area contributed by atoms with Crippen molar-refractivity contribution < 1.29 is 0 Å². The molecule has 3 aliphatic rings. The number of nitrogens with zero attached hydrogens (tertiary/aromatic N) is 2. The van der Waals surface area contributed by atoms with Gasteiger partial charge in [-0.3, -0.25) is 0 Å². The largest absolute Gasteiger partial charge is 0.400 e. The average Bonchev–Trinajstić information content (AvgIpc) is 3.25. The predicted molar refractivity (Wildman–Crippen MR) is 89.7 cm³/mol. The van der Waals surface area contributed by atoms with E-state index in [0.29, 0.717) is 5.92 Å². The first-order valence-electron chi connectivity index (χ1n) is 8.53. The first-order chi connectivity index (χ1) is 10.8. The van der Waals surface area contributed by atoms with Crippen molar-refractivity contribution in [3.63, 3.8) is 0 Å². The van der Waals surface area contributed by atoms with Gasteiger partial charge in [0.25, 0.3) is 0 Å². The number of nitrogens with one attached hydrogen (secondary N) is 2. The van der Waals surface area contributed by atoms with Crippen LogP contribution in [0.3, 0.4) is 0 Å². The van der Waals surface area contributed by atoms with Gasteiger partial charge in [0, 0.05) is 29.4 Å². The van der Waals surface area contributed by atoms with Crippen molar-refractivity contribution in [3.05, 3.63) is 23.5 Å². The molecule has 0 amide bonds. The molecule has 1 saturated heterocycles. The second kappa shape index (κ2) is 5.80. The molecule has 0 aromatic carbocycles. The highest BCUT2D eigenvalue weighted by molar-refractivity contribution is 5.87. The molecule has 0 unspecified atom stereocenters. The third kappa shape index (κ3) is 2.43. The number of rotatable bonds is 2. The molecule has 22 heavy (non-hydrogen) atoms. The van der Waals surface area contributed by atoms with Gasteiger partial charge in [0.2, 0.25) is 0 Å². The average molecular weight is 299 g/mol. The maximum atomic E-state index is 6.52. The molecule has 1 aromatic rings. The van der Waals surface area contributed by atoms with E-state index in [9.17, 15) is 0 Å². The molecule has 5 nitrogen and oxygen atoms in total. The monoisotopic (exact) mass is 299 g/mol. The van der Waals surface area contributed by atoms with Crippen LogP contribution in [0, 0.1) is 5.92 Å². The molecule has 4 N–H and O–H groups in total. The second-order valence-corrected chi connectivity index (χ2v) is 6.72. The predicted octanol–water partition coefficient (Wildman–Crippen LogP) is 2.56. The number of fused-ring (bicyclic) bond motifs is 1. The van der Waals surface area contributed by atoms with Crippen LogP contribution in [-0.4, -0.2) is 35.4 Å². The van der Waals surface area contributed by atoms with Gasteiger partial charge in [-0.2, -0.15) is 0 Å². The van der Waals surface area contributed by atoms with E-state index in [4.69, 9.17) is 5.73 Å². The van der Waals surface area contributed by atoms with E-state index < -0.39 is 0 Å². The second-order valence-electron chi connectivity index (χ2n) is 6.72. The van der Waals surface area contributed by atoms with E-state index in [0.717, 1.165) is 28.8 Å². The number of nitrogens with two attached hydrogens (primary N) is 1. The molecule has 2 fully saturated rings. The zero-order chi connectivity index (χ0) is 14.9. The summed E-state index contributed by atoms with van der Waals surface area (Å²) in [5.41, 5.74) is 9.66. The molecular weight excluding hydrogens is 274 g/mol. The van der Waals surface area contributed by atoms with E-state index >= 15 is 0 Å². The first kappa shape index (κ1) is 13.9. The van der Waals surface area contributed by atoms with Gasteiger partial charge in [0.1, 0.15) is 5.82 Å². The van der Waals surface area contributed by atoms with Crippen molar-refractivity contribution in [3.8, 4) is 0 Å². The van der Waals surface area contributed by atoms with Gasteiger partial charge < -0.3 is 20.9 Å². The molecule has 1 saturated carbocycles. The van der Waals surface area contributed by atoms with Gasteiger partial charge >= 0.3 is 0 Å². The Morgan fingerprint density at radius 1 is 1.18 bits per heavy atom. The summed E-state index contributed by atoms with van der Waals surface area (Å²) in [5.74, 6) is 1.38. The third-order valence-corrected chi connectivity index (χ3v) is 5.50. The lowest BCUT2D eigenvalue weighted by molar-refractivity contribution is 0.144. The summed E-state index contributed by atoms with van der Waals surface area (Å²) in [6, 6.07) is 2.89. The molecule has 4 rings (SSSR count). The Morgan fingerprint density at radius 2 is 1.95 bits per heavy atom. The van der Waals surface area contributed by atoms with E-state index in [1.807, 2.05) is 6.20 Å². The SMILES string of the molecule is N/C(=C1\NC=Nc2[nH]ccc21)C1CCN(C2CCCC2)CC1. The zero-order valence-electron chi connectivity index (χ0n) is 13.0. The lowest BCUT2D eigenvalue weighted by Gasteiger charge is -2.36. The van der Waals surface area contributed by atoms with Crippen LogP contribution in [0.25, 0.3) is 5.70 Å². The Morgan fingerprint density at radius 3 is 2.73 bits per heavy atom. The van der Waals surface area contributed by atoms with Crippen molar-refractivity contribution in [2.24, 2.45) is 16.6 Å². The zero-order valence-corrected chi connectivity index (χ0v) is 13.0. The molecule has 1 aromatic heterocycles. The Hall–Kier alpha value is -1.75. The molecule has 2 aliphatic heterocycles. The van der Waals surface area contributed by atoms with Crippen LogP contribution in [0.15, 0.2) is 23.0 Å². The summed E-state index contributed by atoms with van der Waals surface area (Å²) in [7, 11) is 0.